The van der Waals surface area contributed by atoms with E-state index in [1.165, 1.54) is 29.7 Å². The van der Waals surface area contributed by atoms with Gasteiger partial charge in [0.15, 0.2) is 0 Å². The minimum atomic E-state index is -0.512. The molecule has 0 saturated heterocycles. The molecule has 0 bridgehead atoms. The third-order valence-corrected chi connectivity index (χ3v) is 7.52. The zero-order valence-electron chi connectivity index (χ0n) is 22.6. The first-order valence-electron chi connectivity index (χ1n) is 12.9. The molecule has 0 aliphatic heterocycles. The van der Waals surface area contributed by atoms with Gasteiger partial charge in [0.2, 0.25) is 5.91 Å². The number of thioether (sulfide) groups is 1. The Morgan fingerprint density at radius 1 is 0.850 bits per heavy atom. The molecule has 3 aromatic carbocycles. The quantitative estimate of drug-likeness (QED) is 0.148. The molecule has 4 aromatic rings. The van der Waals surface area contributed by atoms with E-state index in [1.807, 2.05) is 57.2 Å². The molecule has 1 heterocycles. The predicted molar refractivity (Wildman–Crippen MR) is 160 cm³/mol. The van der Waals surface area contributed by atoms with E-state index in [4.69, 9.17) is 4.42 Å². The third kappa shape index (κ3) is 7.74. The van der Waals surface area contributed by atoms with Gasteiger partial charge in [-0.3, -0.25) is 14.4 Å². The van der Waals surface area contributed by atoms with Gasteiger partial charge in [-0.15, -0.1) is 11.8 Å². The highest BCUT2D eigenvalue weighted by Gasteiger charge is 2.20. The van der Waals surface area contributed by atoms with Crippen LogP contribution in [0.3, 0.4) is 0 Å². The third-order valence-electron chi connectivity index (χ3n) is 6.17. The molecule has 0 fully saturated rings. The Morgan fingerprint density at radius 3 is 2.33 bits per heavy atom. The van der Waals surface area contributed by atoms with Crippen molar-refractivity contribution in [1.82, 2.24) is 5.32 Å². The summed E-state index contributed by atoms with van der Waals surface area (Å²) in [5, 5.41) is 8.21. The maximum Gasteiger partial charge on any atom is 0.272 e. The smallest absolute Gasteiger partial charge is 0.272 e. The van der Waals surface area contributed by atoms with Gasteiger partial charge in [0.1, 0.15) is 11.5 Å². The fraction of sp³-hybridized carbons (Fsp3) is 0.156. The minimum Gasteiger partial charge on any atom is -0.465 e. The zero-order valence-corrected chi connectivity index (χ0v) is 23.4. The van der Waals surface area contributed by atoms with Crippen molar-refractivity contribution < 1.29 is 18.8 Å². The number of aryl methyl sites for hydroxylation is 2. The van der Waals surface area contributed by atoms with Crippen LogP contribution in [-0.2, 0) is 9.59 Å². The molecule has 8 heteroatoms. The first-order valence-corrected chi connectivity index (χ1v) is 13.8. The summed E-state index contributed by atoms with van der Waals surface area (Å²) in [4.78, 5) is 39.9. The molecular formula is C32H31N3O4S. The molecule has 1 aromatic heterocycles. The number of hydrogen-bond acceptors (Lipinski definition) is 5. The molecule has 40 heavy (non-hydrogen) atoms. The fourth-order valence-electron chi connectivity index (χ4n) is 3.83. The number of furan rings is 1. The summed E-state index contributed by atoms with van der Waals surface area (Å²) < 4.78 is 5.36. The SMILES string of the molecule is CCC(Sc1cccc(NC(=O)/C(=C/c2ccco2)NC(=O)c2ccccc2)c1)C(=O)Nc1ccc(C)c(C)c1. The number of carbonyl (C=O) groups excluding carboxylic acids is 3. The summed E-state index contributed by atoms with van der Waals surface area (Å²) in [7, 11) is 0. The number of benzene rings is 3. The van der Waals surface area contributed by atoms with Crippen molar-refractivity contribution in [3.05, 3.63) is 119 Å². The molecule has 0 aliphatic rings. The normalized spacial score (nSPS) is 11.9. The number of carbonyl (C=O) groups is 3. The summed E-state index contributed by atoms with van der Waals surface area (Å²) >= 11 is 1.42. The van der Waals surface area contributed by atoms with Crippen molar-refractivity contribution in [2.24, 2.45) is 0 Å². The lowest BCUT2D eigenvalue weighted by atomic mass is 10.1. The van der Waals surface area contributed by atoms with Crippen LogP contribution in [0.1, 0.15) is 40.6 Å². The van der Waals surface area contributed by atoms with E-state index in [-0.39, 0.29) is 16.9 Å². The average Bonchev–Trinajstić information content (AvgIpc) is 3.47. The van der Waals surface area contributed by atoms with Crippen molar-refractivity contribution in [2.75, 3.05) is 10.6 Å². The summed E-state index contributed by atoms with van der Waals surface area (Å²) in [5.41, 5.74) is 4.02. The van der Waals surface area contributed by atoms with Gasteiger partial charge < -0.3 is 20.4 Å². The molecule has 0 spiro atoms. The van der Waals surface area contributed by atoms with E-state index in [0.717, 1.165) is 16.1 Å². The molecule has 0 aliphatic carbocycles. The highest BCUT2D eigenvalue weighted by molar-refractivity contribution is 8.00. The molecule has 4 rings (SSSR count). The van der Waals surface area contributed by atoms with E-state index in [0.29, 0.717) is 23.4 Å². The maximum absolute atomic E-state index is 13.3. The lowest BCUT2D eigenvalue weighted by molar-refractivity contribution is -0.116. The summed E-state index contributed by atoms with van der Waals surface area (Å²) in [6.45, 7) is 6.01. The van der Waals surface area contributed by atoms with Gasteiger partial charge in [-0.1, -0.05) is 37.3 Å². The maximum atomic E-state index is 13.3. The molecule has 0 radical (unpaired) electrons. The van der Waals surface area contributed by atoms with Gasteiger partial charge in [-0.2, -0.15) is 0 Å². The van der Waals surface area contributed by atoms with Crippen molar-refractivity contribution in [2.45, 2.75) is 37.3 Å². The van der Waals surface area contributed by atoms with Crippen molar-refractivity contribution in [3.8, 4) is 0 Å². The number of amides is 3. The number of hydrogen-bond donors (Lipinski definition) is 3. The van der Waals surface area contributed by atoms with Gasteiger partial charge >= 0.3 is 0 Å². The van der Waals surface area contributed by atoms with E-state index in [9.17, 15) is 14.4 Å². The van der Waals surface area contributed by atoms with Crippen LogP contribution in [-0.4, -0.2) is 23.0 Å². The second-order valence-corrected chi connectivity index (χ2v) is 10.5. The standard InChI is InChI=1S/C32H31N3O4S/c1-4-29(32(38)34-25-16-15-21(2)22(3)18-25)40-27-14-8-12-24(19-27)33-31(37)28(20-26-13-9-17-39-26)35-30(36)23-10-6-5-7-11-23/h5-20,29H,4H2,1-3H3,(H,33,37)(H,34,38)(H,35,36)/b28-20-. The lowest BCUT2D eigenvalue weighted by Crippen LogP contribution is -2.30. The number of anilines is 2. The monoisotopic (exact) mass is 553 g/mol. The van der Waals surface area contributed by atoms with Gasteiger partial charge in [-0.25, -0.2) is 0 Å². The topological polar surface area (TPSA) is 100 Å². The molecular weight excluding hydrogens is 522 g/mol. The zero-order chi connectivity index (χ0) is 28.5. The van der Waals surface area contributed by atoms with Crippen molar-refractivity contribution in [1.29, 1.82) is 0 Å². The van der Waals surface area contributed by atoms with Crippen LogP contribution in [0.4, 0.5) is 11.4 Å². The van der Waals surface area contributed by atoms with E-state index < -0.39 is 11.8 Å². The Morgan fingerprint density at radius 2 is 1.62 bits per heavy atom. The van der Waals surface area contributed by atoms with Crippen LogP contribution in [0.5, 0.6) is 0 Å². The molecule has 3 N–H and O–H groups in total. The van der Waals surface area contributed by atoms with Gasteiger partial charge in [-0.05, 0) is 86.0 Å². The van der Waals surface area contributed by atoms with E-state index in [2.05, 4.69) is 16.0 Å². The molecule has 204 valence electrons. The lowest BCUT2D eigenvalue weighted by Gasteiger charge is -2.16. The first-order chi connectivity index (χ1) is 19.3. The summed E-state index contributed by atoms with van der Waals surface area (Å²) in [5.74, 6) is -0.596. The molecule has 1 atom stereocenters. The second-order valence-electron chi connectivity index (χ2n) is 9.18. The summed E-state index contributed by atoms with van der Waals surface area (Å²) in [6, 6.07) is 25.1. The number of nitrogens with one attached hydrogen (secondary N) is 3. The van der Waals surface area contributed by atoms with E-state index >= 15 is 0 Å². The largest absolute Gasteiger partial charge is 0.465 e. The van der Waals surface area contributed by atoms with Crippen molar-refractivity contribution >= 4 is 46.9 Å². The van der Waals surface area contributed by atoms with E-state index in [1.54, 1.807) is 48.5 Å². The van der Waals surface area contributed by atoms with Crippen molar-refractivity contribution in [3.63, 3.8) is 0 Å². The molecule has 7 nitrogen and oxygen atoms in total. The minimum absolute atomic E-state index is 0.0288. The Kier molecular flexibility index (Phi) is 9.59. The summed E-state index contributed by atoms with van der Waals surface area (Å²) in [6.07, 6.45) is 3.58. The number of rotatable bonds is 10. The highest BCUT2D eigenvalue weighted by atomic mass is 32.2. The molecule has 3 amide bonds. The second kappa shape index (κ2) is 13.5. The molecule has 0 saturated carbocycles. The van der Waals surface area contributed by atoms with Gasteiger partial charge in [0.25, 0.3) is 11.8 Å². The van der Waals surface area contributed by atoms with Crippen LogP contribution in [0, 0.1) is 13.8 Å². The Labute approximate surface area is 238 Å². The van der Waals surface area contributed by atoms with Gasteiger partial charge in [0.05, 0.1) is 11.5 Å². The van der Waals surface area contributed by atoms with Gasteiger partial charge in [0, 0.05) is 27.9 Å². The molecule has 1 unspecified atom stereocenters. The fourth-order valence-corrected chi connectivity index (χ4v) is 4.85. The van der Waals surface area contributed by atoms with Crippen LogP contribution >= 0.6 is 11.8 Å². The van der Waals surface area contributed by atoms with Crippen LogP contribution < -0.4 is 16.0 Å². The average molecular weight is 554 g/mol. The highest BCUT2D eigenvalue weighted by Crippen LogP contribution is 2.29. The van der Waals surface area contributed by atoms with Crippen LogP contribution in [0.25, 0.3) is 6.08 Å². The Hall–Kier alpha value is -4.56. The van der Waals surface area contributed by atoms with Crippen LogP contribution in [0.15, 0.2) is 106 Å². The Bertz CT molecular complexity index is 1510. The first kappa shape index (κ1) is 28.4. The Balaban J connectivity index is 1.46. The predicted octanol–water partition coefficient (Wildman–Crippen LogP) is 6.82. The van der Waals surface area contributed by atoms with Crippen LogP contribution in [0.2, 0.25) is 0 Å².